The van der Waals surface area contributed by atoms with Crippen molar-refractivity contribution in [2.24, 2.45) is 0 Å². The van der Waals surface area contributed by atoms with Crippen LogP contribution in [-0.4, -0.2) is 12.2 Å². The first-order chi connectivity index (χ1) is 6.13. The lowest BCUT2D eigenvalue weighted by Crippen LogP contribution is -2.07. The van der Waals surface area contributed by atoms with Gasteiger partial charge >= 0.3 is 0 Å². The molecule has 1 amide bonds. The Morgan fingerprint density at radius 1 is 1.46 bits per heavy atom. The first-order valence-corrected chi connectivity index (χ1v) is 3.90. The Morgan fingerprint density at radius 3 is 2.69 bits per heavy atom. The predicted molar refractivity (Wildman–Crippen MR) is 50.3 cm³/mol. The number of aryl methyl sites for hydroxylation is 1. The van der Waals surface area contributed by atoms with Gasteiger partial charge in [0, 0.05) is 18.2 Å². The van der Waals surface area contributed by atoms with Crippen LogP contribution < -0.4 is 5.32 Å². The zero-order valence-corrected chi connectivity index (χ0v) is 7.55. The molecule has 0 bridgehead atoms. The molecule has 1 aromatic carbocycles. The van der Waals surface area contributed by atoms with Gasteiger partial charge in [-0.2, -0.15) is 0 Å². The first-order valence-electron chi connectivity index (χ1n) is 3.90. The van der Waals surface area contributed by atoms with Crippen molar-refractivity contribution >= 4 is 17.9 Å². The van der Waals surface area contributed by atoms with Crippen molar-refractivity contribution in [1.82, 2.24) is 0 Å². The summed E-state index contributed by atoms with van der Waals surface area (Å²) in [6, 6.07) is 5.03. The number of anilines is 1. The zero-order valence-electron chi connectivity index (χ0n) is 7.55. The Bertz CT molecular complexity index is 345. The number of carbonyl (C=O) groups excluding carboxylic acids is 2. The number of hydrogen-bond donors (Lipinski definition) is 1. The molecule has 13 heavy (non-hydrogen) atoms. The van der Waals surface area contributed by atoms with E-state index in [4.69, 9.17) is 0 Å². The van der Waals surface area contributed by atoms with Crippen LogP contribution in [0.2, 0.25) is 0 Å². The summed E-state index contributed by atoms with van der Waals surface area (Å²) < 4.78 is 0. The van der Waals surface area contributed by atoms with Crippen molar-refractivity contribution < 1.29 is 9.59 Å². The van der Waals surface area contributed by atoms with Crippen LogP contribution in [0.15, 0.2) is 18.2 Å². The van der Waals surface area contributed by atoms with Gasteiger partial charge in [-0.25, -0.2) is 0 Å². The van der Waals surface area contributed by atoms with Crippen molar-refractivity contribution in [1.29, 1.82) is 0 Å². The fourth-order valence-corrected chi connectivity index (χ4v) is 1.01. The Kier molecular flexibility index (Phi) is 2.80. The van der Waals surface area contributed by atoms with Crippen LogP contribution in [0.4, 0.5) is 5.69 Å². The van der Waals surface area contributed by atoms with Gasteiger partial charge in [0.15, 0.2) is 0 Å². The molecular formula is C10H10NO2. The van der Waals surface area contributed by atoms with E-state index in [-0.39, 0.29) is 5.91 Å². The summed E-state index contributed by atoms with van der Waals surface area (Å²) in [4.78, 5) is 21.1. The fourth-order valence-electron chi connectivity index (χ4n) is 1.01. The van der Waals surface area contributed by atoms with Gasteiger partial charge in [-0.3, -0.25) is 9.59 Å². The maximum Gasteiger partial charge on any atom is 0.233 e. The molecule has 0 aliphatic heterocycles. The molecule has 0 unspecified atom stereocenters. The molecule has 1 N–H and O–H groups in total. The van der Waals surface area contributed by atoms with Crippen LogP contribution in [0.1, 0.15) is 18.1 Å². The minimum atomic E-state index is -0.147. The summed E-state index contributed by atoms with van der Waals surface area (Å²) in [5, 5.41) is 2.63. The number of rotatable bonds is 2. The lowest BCUT2D eigenvalue weighted by atomic mass is 10.1. The van der Waals surface area contributed by atoms with E-state index in [1.807, 2.05) is 6.92 Å². The average Bonchev–Trinajstić information content (AvgIpc) is 2.08. The monoisotopic (exact) mass is 176 g/mol. The van der Waals surface area contributed by atoms with E-state index in [2.05, 4.69) is 5.32 Å². The highest BCUT2D eigenvalue weighted by Crippen LogP contribution is 2.15. The van der Waals surface area contributed by atoms with Gasteiger partial charge in [0.1, 0.15) is 0 Å². The quantitative estimate of drug-likeness (QED) is 0.740. The van der Waals surface area contributed by atoms with Crippen LogP contribution >= 0.6 is 0 Å². The average molecular weight is 176 g/mol. The number of benzene rings is 1. The van der Waals surface area contributed by atoms with Gasteiger partial charge in [-0.15, -0.1) is 0 Å². The van der Waals surface area contributed by atoms with Crippen LogP contribution in [0.5, 0.6) is 0 Å². The van der Waals surface area contributed by atoms with Gasteiger partial charge in [-0.1, -0.05) is 12.1 Å². The predicted octanol–water partition coefficient (Wildman–Crippen LogP) is 1.41. The van der Waals surface area contributed by atoms with Gasteiger partial charge in [-0.05, 0) is 18.6 Å². The van der Waals surface area contributed by atoms with Crippen molar-refractivity contribution in [2.75, 3.05) is 5.32 Å². The van der Waals surface area contributed by atoms with Crippen molar-refractivity contribution in [3.05, 3.63) is 29.3 Å². The molecule has 3 nitrogen and oxygen atoms in total. The topological polar surface area (TPSA) is 46.2 Å². The van der Waals surface area contributed by atoms with Gasteiger partial charge < -0.3 is 5.32 Å². The zero-order chi connectivity index (χ0) is 9.84. The molecular weight excluding hydrogens is 166 g/mol. The highest BCUT2D eigenvalue weighted by atomic mass is 16.1. The van der Waals surface area contributed by atoms with E-state index in [1.165, 1.54) is 6.92 Å². The number of carbonyl (C=O) groups is 1. The molecule has 0 aliphatic rings. The second-order valence-electron chi connectivity index (χ2n) is 2.81. The normalized spacial score (nSPS) is 9.38. The largest absolute Gasteiger partial charge is 0.326 e. The summed E-state index contributed by atoms with van der Waals surface area (Å²) in [6.07, 6.45) is 1.77. The molecule has 0 saturated heterocycles. The molecule has 0 fully saturated rings. The van der Waals surface area contributed by atoms with Crippen LogP contribution in [0, 0.1) is 6.92 Å². The van der Waals surface area contributed by atoms with E-state index in [0.717, 1.165) is 5.56 Å². The summed E-state index contributed by atoms with van der Waals surface area (Å²) >= 11 is 0. The Balaban J connectivity index is 3.03. The lowest BCUT2D eigenvalue weighted by molar-refractivity contribution is -0.114. The third-order valence-electron chi connectivity index (χ3n) is 1.67. The number of nitrogens with one attached hydrogen (secondary N) is 1. The summed E-state index contributed by atoms with van der Waals surface area (Å²) in [7, 11) is 0. The van der Waals surface area contributed by atoms with Crippen molar-refractivity contribution in [3.8, 4) is 0 Å². The van der Waals surface area contributed by atoms with Crippen LogP contribution in [0.25, 0.3) is 0 Å². The third kappa shape index (κ3) is 2.40. The van der Waals surface area contributed by atoms with Crippen molar-refractivity contribution in [2.45, 2.75) is 13.8 Å². The summed E-state index contributed by atoms with van der Waals surface area (Å²) in [5.74, 6) is -0.147. The molecule has 67 valence electrons. The molecule has 0 saturated carbocycles. The molecule has 0 atom stereocenters. The molecule has 1 aromatic rings. The molecule has 1 radical (unpaired) electrons. The standard InChI is InChI=1S/C10H10NO2/c1-7-3-4-9(6-12)5-10(7)11-8(2)13/h3-5H,1-2H3,(H,11,13). The lowest BCUT2D eigenvalue weighted by Gasteiger charge is -2.05. The summed E-state index contributed by atoms with van der Waals surface area (Å²) in [5.41, 5.74) is 2.02. The van der Waals surface area contributed by atoms with Crippen LogP contribution in [-0.2, 0) is 9.59 Å². The molecule has 3 heteroatoms. The fraction of sp³-hybridized carbons (Fsp3) is 0.200. The third-order valence-corrected chi connectivity index (χ3v) is 1.67. The Labute approximate surface area is 76.8 Å². The van der Waals surface area contributed by atoms with Gasteiger partial charge in [0.05, 0.1) is 0 Å². The minimum Gasteiger partial charge on any atom is -0.326 e. The highest BCUT2D eigenvalue weighted by Gasteiger charge is 2.01. The molecule has 1 rings (SSSR count). The van der Waals surface area contributed by atoms with Gasteiger partial charge in [0.2, 0.25) is 12.2 Å². The van der Waals surface area contributed by atoms with Crippen LogP contribution in [0.3, 0.4) is 0 Å². The van der Waals surface area contributed by atoms with E-state index in [9.17, 15) is 9.59 Å². The Morgan fingerprint density at radius 2 is 2.15 bits per heavy atom. The number of amides is 1. The van der Waals surface area contributed by atoms with E-state index in [0.29, 0.717) is 11.3 Å². The first kappa shape index (κ1) is 9.45. The maximum absolute atomic E-state index is 10.8. The molecule has 0 aromatic heterocycles. The Hall–Kier alpha value is -1.64. The van der Waals surface area contributed by atoms with E-state index in [1.54, 1.807) is 24.5 Å². The number of hydrogen-bond acceptors (Lipinski definition) is 2. The smallest absolute Gasteiger partial charge is 0.233 e. The summed E-state index contributed by atoms with van der Waals surface area (Å²) in [6.45, 7) is 3.29. The molecule has 0 aliphatic carbocycles. The highest BCUT2D eigenvalue weighted by molar-refractivity contribution is 5.91. The van der Waals surface area contributed by atoms with Crippen molar-refractivity contribution in [3.63, 3.8) is 0 Å². The second kappa shape index (κ2) is 3.85. The molecule has 0 spiro atoms. The minimum absolute atomic E-state index is 0.147. The maximum atomic E-state index is 10.8. The SMILES string of the molecule is CC(=O)Nc1cc([C]=O)ccc1C. The van der Waals surface area contributed by atoms with E-state index < -0.39 is 0 Å². The van der Waals surface area contributed by atoms with E-state index >= 15 is 0 Å². The van der Waals surface area contributed by atoms with Gasteiger partial charge in [0.25, 0.3) is 0 Å². The molecule has 0 heterocycles. The second-order valence-corrected chi connectivity index (χ2v) is 2.81.